The van der Waals surface area contributed by atoms with E-state index in [2.05, 4.69) is 15.9 Å². The van der Waals surface area contributed by atoms with Crippen LogP contribution in [0.3, 0.4) is 0 Å². The quantitative estimate of drug-likeness (QED) is 0.789. The van der Waals surface area contributed by atoms with Gasteiger partial charge in [0.25, 0.3) is 0 Å². The predicted octanol–water partition coefficient (Wildman–Crippen LogP) is 4.82. The standard InChI is InChI=1S/C13H9BrClFO/c14-10-4-2-5-11(7-10)17-8-9-3-1-6-12(15)13(9)16/h1-7H,8H2. The summed E-state index contributed by atoms with van der Waals surface area (Å²) in [4.78, 5) is 0. The number of hydrogen-bond donors (Lipinski definition) is 0. The van der Waals surface area contributed by atoms with Crippen molar-refractivity contribution in [3.63, 3.8) is 0 Å². The van der Waals surface area contributed by atoms with Crippen LogP contribution in [-0.2, 0) is 6.61 Å². The first-order valence-electron chi connectivity index (χ1n) is 4.98. The smallest absolute Gasteiger partial charge is 0.148 e. The van der Waals surface area contributed by atoms with Crippen LogP contribution in [0, 0.1) is 5.82 Å². The summed E-state index contributed by atoms with van der Waals surface area (Å²) in [6, 6.07) is 12.2. The lowest BCUT2D eigenvalue weighted by Gasteiger charge is -2.08. The highest BCUT2D eigenvalue weighted by atomic mass is 79.9. The predicted molar refractivity (Wildman–Crippen MR) is 69.9 cm³/mol. The van der Waals surface area contributed by atoms with Gasteiger partial charge in [-0.15, -0.1) is 0 Å². The van der Waals surface area contributed by atoms with E-state index in [4.69, 9.17) is 16.3 Å². The first-order chi connectivity index (χ1) is 8.16. The van der Waals surface area contributed by atoms with E-state index < -0.39 is 5.82 Å². The molecule has 0 aliphatic heterocycles. The molecule has 88 valence electrons. The lowest BCUT2D eigenvalue weighted by Crippen LogP contribution is -1.98. The molecule has 0 aliphatic carbocycles. The van der Waals surface area contributed by atoms with E-state index in [0.29, 0.717) is 11.3 Å². The van der Waals surface area contributed by atoms with E-state index in [1.54, 1.807) is 12.1 Å². The van der Waals surface area contributed by atoms with E-state index in [1.165, 1.54) is 6.07 Å². The van der Waals surface area contributed by atoms with Crippen molar-refractivity contribution in [3.05, 3.63) is 63.3 Å². The van der Waals surface area contributed by atoms with E-state index in [0.717, 1.165) is 4.47 Å². The van der Waals surface area contributed by atoms with Crippen LogP contribution in [0.2, 0.25) is 5.02 Å². The summed E-state index contributed by atoms with van der Waals surface area (Å²) in [6.45, 7) is 0.156. The van der Waals surface area contributed by atoms with Crippen molar-refractivity contribution in [3.8, 4) is 5.75 Å². The summed E-state index contributed by atoms with van der Waals surface area (Å²) >= 11 is 9.02. The van der Waals surface area contributed by atoms with Gasteiger partial charge in [-0.25, -0.2) is 4.39 Å². The largest absolute Gasteiger partial charge is 0.489 e. The molecule has 0 spiro atoms. The Hall–Kier alpha value is -1.06. The fourth-order valence-corrected chi connectivity index (χ4v) is 1.95. The summed E-state index contributed by atoms with van der Waals surface area (Å²) in [6.07, 6.45) is 0. The average molecular weight is 316 g/mol. The molecule has 4 heteroatoms. The van der Waals surface area contributed by atoms with E-state index in [9.17, 15) is 4.39 Å². The maximum atomic E-state index is 13.6. The second kappa shape index (κ2) is 5.52. The van der Waals surface area contributed by atoms with E-state index >= 15 is 0 Å². The molecule has 0 amide bonds. The van der Waals surface area contributed by atoms with Gasteiger partial charge < -0.3 is 4.74 Å². The molecule has 0 radical (unpaired) electrons. The summed E-state index contributed by atoms with van der Waals surface area (Å²) in [5.74, 6) is 0.253. The highest BCUT2D eigenvalue weighted by Gasteiger charge is 2.06. The molecule has 0 saturated carbocycles. The number of rotatable bonds is 3. The SMILES string of the molecule is Fc1c(Cl)cccc1COc1cccc(Br)c1. The Bertz CT molecular complexity index is 531. The minimum Gasteiger partial charge on any atom is -0.489 e. The zero-order valence-electron chi connectivity index (χ0n) is 8.79. The third-order valence-electron chi connectivity index (χ3n) is 2.22. The average Bonchev–Trinajstić information content (AvgIpc) is 2.31. The van der Waals surface area contributed by atoms with Crippen molar-refractivity contribution in [2.24, 2.45) is 0 Å². The highest BCUT2D eigenvalue weighted by Crippen LogP contribution is 2.21. The first kappa shape index (κ1) is 12.4. The number of hydrogen-bond acceptors (Lipinski definition) is 1. The molecule has 0 atom stereocenters. The van der Waals surface area contributed by atoms with Crippen molar-refractivity contribution >= 4 is 27.5 Å². The summed E-state index contributed by atoms with van der Waals surface area (Å²) in [5, 5.41) is 0.111. The van der Waals surface area contributed by atoms with Crippen LogP contribution in [0.4, 0.5) is 4.39 Å². The topological polar surface area (TPSA) is 9.23 Å². The first-order valence-corrected chi connectivity index (χ1v) is 6.15. The Labute approximate surface area is 112 Å². The second-order valence-electron chi connectivity index (χ2n) is 3.46. The monoisotopic (exact) mass is 314 g/mol. The van der Waals surface area contributed by atoms with Gasteiger partial charge in [0, 0.05) is 10.0 Å². The molecule has 2 rings (SSSR count). The molecule has 0 heterocycles. The van der Waals surface area contributed by atoms with Crippen molar-refractivity contribution < 1.29 is 9.13 Å². The molecule has 1 nitrogen and oxygen atoms in total. The van der Waals surface area contributed by atoms with Gasteiger partial charge in [0.05, 0.1) is 5.02 Å². The lowest BCUT2D eigenvalue weighted by molar-refractivity contribution is 0.299. The van der Waals surface area contributed by atoms with Crippen molar-refractivity contribution in [1.29, 1.82) is 0 Å². The van der Waals surface area contributed by atoms with Crippen molar-refractivity contribution in [2.45, 2.75) is 6.61 Å². The van der Waals surface area contributed by atoms with Crippen LogP contribution in [0.15, 0.2) is 46.9 Å². The zero-order chi connectivity index (χ0) is 12.3. The Morgan fingerprint density at radius 2 is 1.94 bits per heavy atom. The minimum absolute atomic E-state index is 0.111. The lowest BCUT2D eigenvalue weighted by atomic mass is 10.2. The Balaban J connectivity index is 2.10. The molecule has 0 unspecified atom stereocenters. The Kier molecular flexibility index (Phi) is 4.02. The summed E-state index contributed by atoms with van der Waals surface area (Å²) in [5.41, 5.74) is 0.442. The fraction of sp³-hybridized carbons (Fsp3) is 0.0769. The third kappa shape index (κ3) is 3.20. The van der Waals surface area contributed by atoms with Crippen molar-refractivity contribution in [2.75, 3.05) is 0 Å². The zero-order valence-corrected chi connectivity index (χ0v) is 11.1. The second-order valence-corrected chi connectivity index (χ2v) is 4.78. The molecule has 0 saturated heterocycles. The van der Waals surface area contributed by atoms with Crippen LogP contribution < -0.4 is 4.74 Å². The van der Waals surface area contributed by atoms with E-state index in [1.807, 2.05) is 24.3 Å². The van der Waals surface area contributed by atoms with Gasteiger partial charge in [0.2, 0.25) is 0 Å². The molecule has 0 bridgehead atoms. The van der Waals surface area contributed by atoms with Crippen LogP contribution in [0.5, 0.6) is 5.75 Å². The molecule has 2 aromatic rings. The van der Waals surface area contributed by atoms with Gasteiger partial charge in [0.1, 0.15) is 18.2 Å². The third-order valence-corrected chi connectivity index (χ3v) is 3.01. The van der Waals surface area contributed by atoms with Gasteiger partial charge >= 0.3 is 0 Å². The van der Waals surface area contributed by atoms with Crippen molar-refractivity contribution in [1.82, 2.24) is 0 Å². The number of halogens is 3. The molecule has 0 aromatic heterocycles. The molecule has 2 aromatic carbocycles. The Morgan fingerprint density at radius 1 is 1.18 bits per heavy atom. The maximum absolute atomic E-state index is 13.6. The highest BCUT2D eigenvalue weighted by molar-refractivity contribution is 9.10. The van der Waals surface area contributed by atoms with Gasteiger partial charge in [-0.05, 0) is 24.3 Å². The Morgan fingerprint density at radius 3 is 2.71 bits per heavy atom. The van der Waals surface area contributed by atoms with Crippen LogP contribution >= 0.6 is 27.5 Å². The number of benzene rings is 2. The van der Waals surface area contributed by atoms with Crippen LogP contribution in [0.25, 0.3) is 0 Å². The van der Waals surface area contributed by atoms with Gasteiger partial charge in [0.15, 0.2) is 0 Å². The summed E-state index contributed by atoms with van der Waals surface area (Å²) < 4.78 is 20.0. The van der Waals surface area contributed by atoms with Gasteiger partial charge in [-0.2, -0.15) is 0 Å². The number of ether oxygens (including phenoxy) is 1. The molecule has 0 aliphatic rings. The fourth-order valence-electron chi connectivity index (χ4n) is 1.38. The molecule has 0 N–H and O–H groups in total. The minimum atomic E-state index is -0.427. The van der Waals surface area contributed by atoms with Crippen LogP contribution in [-0.4, -0.2) is 0 Å². The maximum Gasteiger partial charge on any atom is 0.148 e. The molecule has 0 fully saturated rings. The van der Waals surface area contributed by atoms with Gasteiger partial charge in [-0.1, -0.05) is 45.7 Å². The van der Waals surface area contributed by atoms with E-state index in [-0.39, 0.29) is 11.6 Å². The normalized spacial score (nSPS) is 10.3. The molecule has 17 heavy (non-hydrogen) atoms. The molecular formula is C13H9BrClFO. The summed E-state index contributed by atoms with van der Waals surface area (Å²) in [7, 11) is 0. The molecular weight excluding hydrogens is 306 g/mol. The van der Waals surface area contributed by atoms with Crippen LogP contribution in [0.1, 0.15) is 5.56 Å². The van der Waals surface area contributed by atoms with Gasteiger partial charge in [-0.3, -0.25) is 0 Å².